The van der Waals surface area contributed by atoms with Crippen LogP contribution < -0.4 is 0 Å². The van der Waals surface area contributed by atoms with E-state index in [0.29, 0.717) is 17.7 Å². The summed E-state index contributed by atoms with van der Waals surface area (Å²) in [6.07, 6.45) is 0.861. The topological polar surface area (TPSA) is 53.3 Å². The molecule has 2 heterocycles. The van der Waals surface area contributed by atoms with Crippen LogP contribution in [0.4, 0.5) is 0 Å². The van der Waals surface area contributed by atoms with Gasteiger partial charge in [-0.3, -0.25) is 0 Å². The van der Waals surface area contributed by atoms with E-state index in [1.807, 2.05) is 13.0 Å². The van der Waals surface area contributed by atoms with E-state index >= 15 is 0 Å². The Kier molecular flexibility index (Phi) is 6.20. The van der Waals surface area contributed by atoms with Gasteiger partial charge < -0.3 is 13.7 Å². The first kappa shape index (κ1) is 20.9. The van der Waals surface area contributed by atoms with E-state index in [0.717, 1.165) is 24.2 Å². The number of methoxy groups -OCH3 is 1. The third-order valence-corrected chi connectivity index (χ3v) is 9.96. The average Bonchev–Trinajstić information content (AvgIpc) is 2.84. The van der Waals surface area contributed by atoms with Gasteiger partial charge in [0.05, 0.1) is 23.7 Å². The van der Waals surface area contributed by atoms with Gasteiger partial charge in [-0.15, -0.1) is 0 Å². The minimum atomic E-state index is -1.75. The molecule has 0 unspecified atom stereocenters. The third kappa shape index (κ3) is 4.30. The van der Waals surface area contributed by atoms with E-state index in [4.69, 9.17) is 20.8 Å². The zero-order valence-electron chi connectivity index (χ0n) is 16.8. The summed E-state index contributed by atoms with van der Waals surface area (Å²) in [6.45, 7) is 14.7. The fourth-order valence-corrected chi connectivity index (χ4v) is 3.97. The number of esters is 1. The molecule has 7 heteroatoms. The molecule has 0 atom stereocenters. The maximum Gasteiger partial charge on any atom is 0.340 e. The molecule has 0 saturated carbocycles. The van der Waals surface area contributed by atoms with Crippen LogP contribution in [0.2, 0.25) is 23.3 Å². The molecule has 144 valence electrons. The first-order chi connectivity index (χ1) is 12.0. The summed E-state index contributed by atoms with van der Waals surface area (Å²) < 4.78 is 13.3. The number of aryl methyl sites for hydroxylation is 2. The third-order valence-electron chi connectivity index (χ3n) is 5.23. The summed E-state index contributed by atoms with van der Waals surface area (Å²) in [7, 11) is -0.379. The molecular weight excluding hydrogens is 368 g/mol. The van der Waals surface area contributed by atoms with E-state index in [1.54, 1.807) is 6.07 Å². The van der Waals surface area contributed by atoms with Crippen molar-refractivity contribution in [1.29, 1.82) is 0 Å². The summed E-state index contributed by atoms with van der Waals surface area (Å²) >= 11 is 6.06. The molecule has 5 nitrogen and oxygen atoms in total. The molecule has 2 aromatic rings. The highest BCUT2D eigenvalue weighted by Crippen LogP contribution is 2.36. The SMILES string of the molecule is COC(=O)c1cc(Cl)nc2cc(C)n(CCCO[Si](C)(C)C(C)(C)C)c12. The minimum Gasteiger partial charge on any atom is -0.465 e. The Morgan fingerprint density at radius 2 is 1.96 bits per heavy atom. The van der Waals surface area contributed by atoms with Crippen molar-refractivity contribution < 1.29 is 14.0 Å². The molecule has 0 N–H and O–H groups in total. The zero-order valence-corrected chi connectivity index (χ0v) is 18.5. The molecule has 0 amide bonds. The lowest BCUT2D eigenvalue weighted by atomic mass is 10.2. The van der Waals surface area contributed by atoms with E-state index < -0.39 is 14.3 Å². The molecule has 0 fully saturated rings. The molecule has 0 aromatic carbocycles. The molecule has 0 radical (unpaired) electrons. The number of nitrogens with zero attached hydrogens (tertiary/aromatic N) is 2. The average molecular weight is 397 g/mol. The van der Waals surface area contributed by atoms with Crippen LogP contribution in [-0.4, -0.2) is 37.6 Å². The van der Waals surface area contributed by atoms with Gasteiger partial charge in [0, 0.05) is 18.8 Å². The van der Waals surface area contributed by atoms with Crippen molar-refractivity contribution in [2.45, 2.75) is 58.8 Å². The van der Waals surface area contributed by atoms with Gasteiger partial charge in [-0.1, -0.05) is 32.4 Å². The Hall–Kier alpha value is -1.37. The van der Waals surface area contributed by atoms with E-state index in [-0.39, 0.29) is 10.2 Å². The molecule has 0 aliphatic heterocycles. The van der Waals surface area contributed by atoms with Crippen LogP contribution in [0.25, 0.3) is 11.0 Å². The van der Waals surface area contributed by atoms with Crippen LogP contribution in [0.3, 0.4) is 0 Å². The zero-order chi connectivity index (χ0) is 19.7. The Labute approximate surface area is 161 Å². The van der Waals surface area contributed by atoms with Crippen molar-refractivity contribution in [1.82, 2.24) is 9.55 Å². The summed E-state index contributed by atoms with van der Waals surface area (Å²) in [5, 5.41) is 0.484. The predicted octanol–water partition coefficient (Wildman–Crippen LogP) is 5.20. The Bertz CT molecular complexity index is 809. The van der Waals surface area contributed by atoms with Crippen molar-refractivity contribution in [3.05, 3.63) is 28.5 Å². The quantitative estimate of drug-likeness (QED) is 0.291. The van der Waals surface area contributed by atoms with Crippen LogP contribution in [0.1, 0.15) is 43.2 Å². The van der Waals surface area contributed by atoms with Gasteiger partial charge in [-0.2, -0.15) is 0 Å². The van der Waals surface area contributed by atoms with Gasteiger partial charge in [0.1, 0.15) is 5.15 Å². The predicted molar refractivity (Wildman–Crippen MR) is 109 cm³/mol. The molecule has 0 aliphatic carbocycles. The van der Waals surface area contributed by atoms with Gasteiger partial charge in [-0.05, 0) is 43.6 Å². The molecule has 26 heavy (non-hydrogen) atoms. The normalized spacial score (nSPS) is 12.6. The number of ether oxygens (including phenoxy) is 1. The highest BCUT2D eigenvalue weighted by Gasteiger charge is 2.36. The van der Waals surface area contributed by atoms with Crippen molar-refractivity contribution in [2.24, 2.45) is 0 Å². The summed E-state index contributed by atoms with van der Waals surface area (Å²) in [5.41, 5.74) is 2.96. The van der Waals surface area contributed by atoms with Crippen LogP contribution in [0.5, 0.6) is 0 Å². The molecule has 2 rings (SSSR count). The molecule has 2 aromatic heterocycles. The number of pyridine rings is 1. The Morgan fingerprint density at radius 3 is 2.54 bits per heavy atom. The second-order valence-corrected chi connectivity index (χ2v) is 13.3. The van der Waals surface area contributed by atoms with Crippen molar-refractivity contribution >= 4 is 36.9 Å². The van der Waals surface area contributed by atoms with E-state index in [9.17, 15) is 4.79 Å². The lowest BCUT2D eigenvalue weighted by Gasteiger charge is -2.36. The molecular formula is C19H29ClN2O3Si. The van der Waals surface area contributed by atoms with E-state index in [1.165, 1.54) is 7.11 Å². The maximum absolute atomic E-state index is 12.2. The second-order valence-electron chi connectivity index (χ2n) is 8.12. The first-order valence-corrected chi connectivity index (χ1v) is 12.1. The van der Waals surface area contributed by atoms with Crippen molar-refractivity contribution in [3.8, 4) is 0 Å². The highest BCUT2D eigenvalue weighted by atomic mass is 35.5. The number of aromatic nitrogens is 2. The monoisotopic (exact) mass is 396 g/mol. The van der Waals surface area contributed by atoms with Crippen LogP contribution >= 0.6 is 11.6 Å². The van der Waals surface area contributed by atoms with Crippen LogP contribution in [0.15, 0.2) is 12.1 Å². The van der Waals surface area contributed by atoms with Crippen molar-refractivity contribution in [2.75, 3.05) is 13.7 Å². The molecule has 0 aliphatic rings. The smallest absolute Gasteiger partial charge is 0.340 e. The number of hydrogen-bond donors (Lipinski definition) is 0. The maximum atomic E-state index is 12.2. The van der Waals surface area contributed by atoms with Gasteiger partial charge in [0.2, 0.25) is 0 Å². The Morgan fingerprint density at radius 1 is 1.31 bits per heavy atom. The molecule has 0 spiro atoms. The number of fused-ring (bicyclic) bond motifs is 1. The van der Waals surface area contributed by atoms with Crippen LogP contribution in [0, 0.1) is 6.92 Å². The Balaban J connectivity index is 2.22. The van der Waals surface area contributed by atoms with E-state index in [2.05, 4.69) is 43.4 Å². The lowest BCUT2D eigenvalue weighted by Crippen LogP contribution is -2.41. The van der Waals surface area contributed by atoms with Crippen molar-refractivity contribution in [3.63, 3.8) is 0 Å². The summed E-state index contributed by atoms with van der Waals surface area (Å²) in [6, 6.07) is 3.51. The van der Waals surface area contributed by atoms with Gasteiger partial charge >= 0.3 is 5.97 Å². The number of halogens is 1. The number of carbonyl (C=O) groups excluding carboxylic acids is 1. The van der Waals surface area contributed by atoms with Gasteiger partial charge in [0.15, 0.2) is 8.32 Å². The van der Waals surface area contributed by atoms with Crippen LogP contribution in [-0.2, 0) is 15.7 Å². The molecule has 0 bridgehead atoms. The summed E-state index contributed by atoms with van der Waals surface area (Å²) in [4.78, 5) is 16.5. The van der Waals surface area contributed by atoms with Gasteiger partial charge in [0.25, 0.3) is 0 Å². The fourth-order valence-electron chi connectivity index (χ4n) is 2.68. The largest absolute Gasteiger partial charge is 0.465 e. The van der Waals surface area contributed by atoms with Gasteiger partial charge in [-0.25, -0.2) is 9.78 Å². The number of hydrogen-bond acceptors (Lipinski definition) is 4. The second kappa shape index (κ2) is 7.70. The lowest BCUT2D eigenvalue weighted by molar-refractivity contribution is 0.0602. The standard InChI is InChI=1S/C19H29ClN2O3Si/c1-13-11-15-17(14(18(23)24-5)12-16(20)21-15)22(13)9-8-10-25-26(6,7)19(2,3)4/h11-12H,8-10H2,1-7H3. The molecule has 0 saturated heterocycles. The number of rotatable bonds is 6. The summed E-state index contributed by atoms with van der Waals surface area (Å²) in [5.74, 6) is -0.406. The number of carbonyl (C=O) groups is 1. The highest BCUT2D eigenvalue weighted by molar-refractivity contribution is 6.74. The fraction of sp³-hybridized carbons (Fsp3) is 0.579. The minimum absolute atomic E-state index is 0.196. The first-order valence-electron chi connectivity index (χ1n) is 8.86.